The molecule has 0 spiro atoms. The topological polar surface area (TPSA) is 27.7 Å². The van der Waals surface area contributed by atoms with E-state index in [0.29, 0.717) is 25.7 Å². The minimum atomic E-state index is -2.03. The van der Waals surface area contributed by atoms with Crippen molar-refractivity contribution in [2.75, 3.05) is 13.2 Å². The monoisotopic (exact) mass is 602 g/mol. The van der Waals surface area contributed by atoms with Gasteiger partial charge in [-0.1, -0.05) is 124 Å². The van der Waals surface area contributed by atoms with Gasteiger partial charge in [0.2, 0.25) is 0 Å². The Morgan fingerprint density at radius 3 is 2.00 bits per heavy atom. The fourth-order valence-electron chi connectivity index (χ4n) is 4.26. The number of hydrogen-bond donors (Lipinski definition) is 0. The molecule has 1 rings (SSSR count). The van der Waals surface area contributed by atoms with Crippen LogP contribution in [-0.4, -0.2) is 36.0 Å². The van der Waals surface area contributed by atoms with Gasteiger partial charge in [-0.3, -0.25) is 0 Å². The van der Waals surface area contributed by atoms with Crippen molar-refractivity contribution in [1.82, 2.24) is 0 Å². The minimum absolute atomic E-state index is 0.0137. The molecule has 0 aromatic heterocycles. The second-order valence-corrected chi connectivity index (χ2v) is 25.0. The van der Waals surface area contributed by atoms with Gasteiger partial charge in [-0.2, -0.15) is 0 Å². The highest BCUT2D eigenvalue weighted by Crippen LogP contribution is 2.41. The van der Waals surface area contributed by atoms with Crippen LogP contribution in [0.1, 0.15) is 94.1 Å². The first-order valence-corrected chi connectivity index (χ1v) is 21.9. The molecule has 1 aromatic rings. The Balaban J connectivity index is 3.33. The molecule has 0 aliphatic carbocycles. The third-order valence-electron chi connectivity index (χ3n) is 9.62. The Bertz CT molecular complexity index is 922. The number of ether oxygens (including phenoxy) is 1. The lowest BCUT2D eigenvalue weighted by Crippen LogP contribution is -2.48. The van der Waals surface area contributed by atoms with Crippen LogP contribution in [0.4, 0.5) is 0 Å². The molecule has 0 aliphatic rings. The van der Waals surface area contributed by atoms with E-state index in [2.05, 4.69) is 144 Å². The summed E-state index contributed by atoms with van der Waals surface area (Å²) in [4.78, 5) is 0. The van der Waals surface area contributed by atoms with Crippen LogP contribution in [0.15, 0.2) is 54.1 Å². The molecule has 0 bridgehead atoms. The van der Waals surface area contributed by atoms with E-state index in [1.807, 2.05) is 0 Å². The predicted octanol–water partition coefficient (Wildman–Crippen LogP) is 11.2. The summed E-state index contributed by atoms with van der Waals surface area (Å²) < 4.78 is 20.5. The lowest BCUT2D eigenvalue weighted by molar-refractivity contribution is 0.0151. The molecule has 0 saturated carbocycles. The van der Waals surface area contributed by atoms with Gasteiger partial charge in [0.15, 0.2) is 16.6 Å². The Morgan fingerprint density at radius 2 is 1.46 bits per heavy atom. The van der Waals surface area contributed by atoms with E-state index in [1.54, 1.807) is 0 Å². The first-order chi connectivity index (χ1) is 18.8. The lowest BCUT2D eigenvalue weighted by Gasteiger charge is -2.43. The number of hydrogen-bond acceptors (Lipinski definition) is 3. The number of allylic oxidation sites excluding steroid dienone is 3. The van der Waals surface area contributed by atoms with Crippen molar-refractivity contribution >= 4 is 16.6 Å². The van der Waals surface area contributed by atoms with Gasteiger partial charge in [-0.15, -0.1) is 0 Å². The van der Waals surface area contributed by atoms with E-state index in [-0.39, 0.29) is 28.0 Å². The molecule has 3 nitrogen and oxygen atoms in total. The van der Waals surface area contributed by atoms with Crippen molar-refractivity contribution < 1.29 is 13.6 Å². The molecular weight excluding hydrogens is 537 g/mol. The molecule has 1 aromatic carbocycles. The summed E-state index contributed by atoms with van der Waals surface area (Å²) in [6.07, 6.45) is 10.7. The van der Waals surface area contributed by atoms with E-state index in [1.165, 1.54) is 30.4 Å². The minimum Gasteiger partial charge on any atom is -0.416 e. The normalized spacial score (nSPS) is 17.1. The molecule has 0 unspecified atom stereocenters. The molecule has 5 heteroatoms. The molecule has 236 valence electrons. The quantitative estimate of drug-likeness (QED) is 0.131. The zero-order valence-electron chi connectivity index (χ0n) is 29.4. The summed E-state index contributed by atoms with van der Waals surface area (Å²) in [6.45, 7) is 34.5. The Labute approximate surface area is 257 Å². The fraction of sp³-hybridized carbons (Fsp3) is 0.722. The third kappa shape index (κ3) is 13.0. The van der Waals surface area contributed by atoms with Gasteiger partial charge < -0.3 is 13.6 Å². The first kappa shape index (κ1) is 38.0. The van der Waals surface area contributed by atoms with Crippen LogP contribution in [0.2, 0.25) is 36.3 Å². The molecule has 41 heavy (non-hydrogen) atoms. The SMILES string of the molecule is CCCC[C@@H](C)/C=C/C=C(\C)[C@@H](O[Si](C)(C)C(C)(C)C)[C@@H](C)[C@H](COCc1ccccc1)CO[Si](C)(C)C(C)(C)C. The Morgan fingerprint density at radius 1 is 0.878 bits per heavy atom. The van der Waals surface area contributed by atoms with Gasteiger partial charge in [0, 0.05) is 12.5 Å². The van der Waals surface area contributed by atoms with E-state index in [4.69, 9.17) is 13.6 Å². The summed E-state index contributed by atoms with van der Waals surface area (Å²) in [7, 11) is -3.94. The summed E-state index contributed by atoms with van der Waals surface area (Å²) in [6, 6.07) is 10.5. The van der Waals surface area contributed by atoms with Gasteiger partial charge in [0.05, 0.1) is 19.3 Å². The van der Waals surface area contributed by atoms with Crippen molar-refractivity contribution in [1.29, 1.82) is 0 Å². The highest BCUT2D eigenvalue weighted by molar-refractivity contribution is 6.74. The van der Waals surface area contributed by atoms with Crippen molar-refractivity contribution in [3.8, 4) is 0 Å². The fourth-order valence-corrected chi connectivity index (χ4v) is 6.71. The highest BCUT2D eigenvalue weighted by Gasteiger charge is 2.43. The highest BCUT2D eigenvalue weighted by atomic mass is 28.4. The molecule has 0 N–H and O–H groups in total. The standard InChI is InChI=1S/C36H66O3Si2/c1-15-16-21-29(2)22-20-23-30(3)34(39-41(13,14)36(8,9)10)31(4)33(28-38-40(11,12)35(5,6)7)27-37-26-32-24-18-17-19-25-32/h17-20,22-25,29,31,33-34H,15-16,21,26-28H2,1-14H3/b22-20+,30-23+/t29-,31+,33-,34-/m1/s1. The molecule has 0 radical (unpaired) electrons. The first-order valence-electron chi connectivity index (χ1n) is 16.1. The average Bonchev–Trinajstić information content (AvgIpc) is 2.86. The molecule has 0 saturated heterocycles. The third-order valence-corrected chi connectivity index (χ3v) is 18.6. The van der Waals surface area contributed by atoms with Gasteiger partial charge in [-0.05, 0) is 72.6 Å². The number of rotatable bonds is 17. The van der Waals surface area contributed by atoms with Crippen molar-refractivity contribution in [2.24, 2.45) is 17.8 Å². The zero-order chi connectivity index (χ0) is 31.5. The number of benzene rings is 1. The van der Waals surface area contributed by atoms with Crippen LogP contribution in [-0.2, 0) is 20.2 Å². The van der Waals surface area contributed by atoms with Crippen LogP contribution in [0.5, 0.6) is 0 Å². The smallest absolute Gasteiger partial charge is 0.192 e. The molecular formula is C36H66O3Si2. The molecule has 4 atom stereocenters. The summed E-state index contributed by atoms with van der Waals surface area (Å²) in [5, 5.41) is 0.296. The maximum absolute atomic E-state index is 7.23. The van der Waals surface area contributed by atoms with Gasteiger partial charge >= 0.3 is 0 Å². The van der Waals surface area contributed by atoms with E-state index in [9.17, 15) is 0 Å². The van der Waals surface area contributed by atoms with Crippen molar-refractivity contribution in [2.45, 2.75) is 137 Å². The maximum atomic E-state index is 7.23. The summed E-state index contributed by atoms with van der Waals surface area (Å²) in [5.74, 6) is 1.05. The second kappa shape index (κ2) is 16.8. The second-order valence-electron chi connectivity index (χ2n) is 15.4. The van der Waals surface area contributed by atoms with Crippen LogP contribution in [0.3, 0.4) is 0 Å². The van der Waals surface area contributed by atoms with Gasteiger partial charge in [0.25, 0.3) is 0 Å². The lowest BCUT2D eigenvalue weighted by atomic mass is 9.86. The van der Waals surface area contributed by atoms with Crippen LogP contribution in [0, 0.1) is 17.8 Å². The summed E-state index contributed by atoms with van der Waals surface area (Å²) in [5.41, 5.74) is 2.50. The molecule has 0 aliphatic heterocycles. The molecule has 0 amide bonds. The van der Waals surface area contributed by atoms with Gasteiger partial charge in [0.1, 0.15) is 0 Å². The van der Waals surface area contributed by atoms with Gasteiger partial charge in [-0.25, -0.2) is 0 Å². The predicted molar refractivity (Wildman–Crippen MR) is 186 cm³/mol. The largest absolute Gasteiger partial charge is 0.416 e. The Kier molecular flexibility index (Phi) is 15.5. The van der Waals surface area contributed by atoms with Crippen LogP contribution < -0.4 is 0 Å². The van der Waals surface area contributed by atoms with Crippen LogP contribution >= 0.6 is 0 Å². The number of unbranched alkanes of at least 4 members (excludes halogenated alkanes) is 1. The zero-order valence-corrected chi connectivity index (χ0v) is 31.4. The molecule has 0 fully saturated rings. The maximum Gasteiger partial charge on any atom is 0.192 e. The van der Waals surface area contributed by atoms with Crippen LogP contribution in [0.25, 0.3) is 0 Å². The van der Waals surface area contributed by atoms with E-state index >= 15 is 0 Å². The van der Waals surface area contributed by atoms with Crippen molar-refractivity contribution in [3.63, 3.8) is 0 Å². The van der Waals surface area contributed by atoms with E-state index in [0.717, 1.165) is 0 Å². The Hall–Kier alpha value is -0.986. The average molecular weight is 603 g/mol. The summed E-state index contributed by atoms with van der Waals surface area (Å²) >= 11 is 0. The van der Waals surface area contributed by atoms with Crippen molar-refractivity contribution in [3.05, 3.63) is 59.7 Å². The van der Waals surface area contributed by atoms with E-state index < -0.39 is 16.6 Å². The molecule has 0 heterocycles.